The van der Waals surface area contributed by atoms with Crippen molar-refractivity contribution in [3.8, 4) is 11.5 Å². The molecule has 3 amide bonds. The van der Waals surface area contributed by atoms with E-state index in [0.717, 1.165) is 11.3 Å². The average Bonchev–Trinajstić information content (AvgIpc) is 2.88. The molecular formula is C28H33N3O7. The van der Waals surface area contributed by atoms with Gasteiger partial charge in [0.1, 0.15) is 23.2 Å². The molecule has 10 heteroatoms. The Bertz CT molecular complexity index is 1220. The minimum Gasteiger partial charge on any atom is -0.497 e. The van der Waals surface area contributed by atoms with Crippen LogP contribution in [-0.4, -0.2) is 68.0 Å². The molecular weight excluding hydrogens is 490 g/mol. The number of hydrogen-bond donors (Lipinski definition) is 0. The predicted molar refractivity (Wildman–Crippen MR) is 140 cm³/mol. The van der Waals surface area contributed by atoms with Crippen LogP contribution in [0.1, 0.15) is 32.8 Å². The smallest absolute Gasteiger partial charge is 0.414 e. The number of carbonyl (C=O) groups is 3. The zero-order valence-electron chi connectivity index (χ0n) is 22.1. The molecule has 2 aromatic rings. The molecule has 2 aromatic carbocycles. The third kappa shape index (κ3) is 5.34. The number of ether oxygens (including phenoxy) is 4. The first-order chi connectivity index (χ1) is 18.1. The van der Waals surface area contributed by atoms with Crippen molar-refractivity contribution in [2.75, 3.05) is 43.2 Å². The Morgan fingerprint density at radius 2 is 1.84 bits per heavy atom. The Hall–Kier alpha value is -3.95. The molecule has 0 radical (unpaired) electrons. The molecule has 2 unspecified atom stereocenters. The maximum atomic E-state index is 13.1. The van der Waals surface area contributed by atoms with E-state index in [9.17, 15) is 14.4 Å². The first-order valence-corrected chi connectivity index (χ1v) is 12.8. The van der Waals surface area contributed by atoms with Crippen LogP contribution < -0.4 is 19.3 Å². The van der Waals surface area contributed by atoms with Gasteiger partial charge in [0.05, 0.1) is 25.9 Å². The average molecular weight is 524 g/mol. The molecule has 0 saturated carbocycles. The summed E-state index contributed by atoms with van der Waals surface area (Å²) in [6, 6.07) is 12.9. The number of likely N-dealkylation sites (tertiary alicyclic amines) is 1. The third-order valence-corrected chi connectivity index (χ3v) is 6.93. The highest BCUT2D eigenvalue weighted by molar-refractivity contribution is 5.99. The predicted octanol–water partition coefficient (Wildman–Crippen LogP) is 4.20. The Morgan fingerprint density at radius 3 is 2.55 bits per heavy atom. The van der Waals surface area contributed by atoms with Crippen LogP contribution in [0.2, 0.25) is 0 Å². The lowest BCUT2D eigenvalue weighted by Gasteiger charge is -2.44. The van der Waals surface area contributed by atoms with Gasteiger partial charge in [0, 0.05) is 24.7 Å². The molecule has 2 fully saturated rings. The molecule has 5 rings (SSSR count). The van der Waals surface area contributed by atoms with Crippen LogP contribution in [0.4, 0.5) is 21.0 Å². The van der Waals surface area contributed by atoms with Gasteiger partial charge in [-0.05, 0) is 63.1 Å². The summed E-state index contributed by atoms with van der Waals surface area (Å²) in [6.07, 6.45) is -0.592. The molecule has 2 atom stereocenters. The Labute approximate surface area is 222 Å². The molecule has 0 aromatic heterocycles. The Morgan fingerprint density at radius 1 is 1.08 bits per heavy atom. The molecule has 0 aliphatic carbocycles. The van der Waals surface area contributed by atoms with Gasteiger partial charge in [0.2, 0.25) is 0 Å². The summed E-state index contributed by atoms with van der Waals surface area (Å²) in [4.78, 5) is 43.3. The van der Waals surface area contributed by atoms with Crippen LogP contribution in [0.15, 0.2) is 42.5 Å². The number of amides is 3. The van der Waals surface area contributed by atoms with Gasteiger partial charge in [0.15, 0.2) is 6.61 Å². The van der Waals surface area contributed by atoms with Crippen LogP contribution >= 0.6 is 0 Å². The van der Waals surface area contributed by atoms with Gasteiger partial charge in [-0.1, -0.05) is 12.1 Å². The monoisotopic (exact) mass is 523 g/mol. The van der Waals surface area contributed by atoms with Crippen molar-refractivity contribution in [3.63, 3.8) is 0 Å². The number of hydrogen-bond acceptors (Lipinski definition) is 7. The van der Waals surface area contributed by atoms with Crippen LogP contribution in [0.5, 0.6) is 11.5 Å². The third-order valence-electron chi connectivity index (χ3n) is 6.93. The minimum atomic E-state index is -0.590. The molecule has 2 saturated heterocycles. The summed E-state index contributed by atoms with van der Waals surface area (Å²) in [5.74, 6) is 1.22. The fourth-order valence-corrected chi connectivity index (χ4v) is 4.96. The molecule has 3 aliphatic heterocycles. The van der Waals surface area contributed by atoms with Crippen molar-refractivity contribution in [2.24, 2.45) is 5.92 Å². The summed E-state index contributed by atoms with van der Waals surface area (Å²) in [5, 5.41) is 0. The number of piperidine rings is 1. The molecule has 3 aliphatic rings. The quantitative estimate of drug-likeness (QED) is 0.592. The fourth-order valence-electron chi connectivity index (χ4n) is 4.96. The van der Waals surface area contributed by atoms with Crippen LogP contribution in [0, 0.1) is 5.92 Å². The van der Waals surface area contributed by atoms with Crippen molar-refractivity contribution in [1.82, 2.24) is 4.90 Å². The van der Waals surface area contributed by atoms with Gasteiger partial charge >= 0.3 is 12.2 Å². The molecule has 202 valence electrons. The minimum absolute atomic E-state index is 0.0494. The standard InChI is InChI=1S/C28H33N3O7/c1-28(2,3)38-26(33)29-12-11-19-15-30(27(34)37-24(19)16-29)20-7-10-23-22(13-20)31(25(32)17-36-23)14-18-5-8-21(35-4)9-6-18/h5-10,13,19,24H,11-12,14-17H2,1-4H3. The number of methoxy groups -OCH3 is 1. The van der Waals surface area contributed by atoms with E-state index < -0.39 is 23.9 Å². The molecule has 0 spiro atoms. The second-order valence-corrected chi connectivity index (χ2v) is 10.8. The highest BCUT2D eigenvalue weighted by Gasteiger charge is 2.42. The topological polar surface area (TPSA) is 97.8 Å². The lowest BCUT2D eigenvalue weighted by Crippen LogP contribution is -2.57. The van der Waals surface area contributed by atoms with E-state index in [4.69, 9.17) is 18.9 Å². The summed E-state index contributed by atoms with van der Waals surface area (Å²) >= 11 is 0. The number of benzene rings is 2. The van der Waals surface area contributed by atoms with Gasteiger partial charge in [-0.25, -0.2) is 9.59 Å². The summed E-state index contributed by atoms with van der Waals surface area (Å²) < 4.78 is 22.2. The van der Waals surface area contributed by atoms with Gasteiger partial charge in [-0.15, -0.1) is 0 Å². The normalized spacial score (nSPS) is 21.2. The van der Waals surface area contributed by atoms with Crippen molar-refractivity contribution in [2.45, 2.75) is 45.4 Å². The summed E-state index contributed by atoms with van der Waals surface area (Å²) in [6.45, 7) is 7.08. The van der Waals surface area contributed by atoms with Crippen LogP contribution in [0.25, 0.3) is 0 Å². The van der Waals surface area contributed by atoms with Gasteiger partial charge in [-0.3, -0.25) is 9.69 Å². The number of carbonyl (C=O) groups excluding carboxylic acids is 3. The largest absolute Gasteiger partial charge is 0.497 e. The van der Waals surface area contributed by atoms with E-state index in [1.54, 1.807) is 40.0 Å². The molecule has 10 nitrogen and oxygen atoms in total. The zero-order valence-corrected chi connectivity index (χ0v) is 22.1. The number of rotatable bonds is 4. The van der Waals surface area contributed by atoms with Gasteiger partial charge in [0.25, 0.3) is 5.91 Å². The van der Waals surface area contributed by atoms with Crippen LogP contribution in [-0.2, 0) is 20.8 Å². The van der Waals surface area contributed by atoms with Crippen LogP contribution in [0.3, 0.4) is 0 Å². The highest BCUT2D eigenvalue weighted by Crippen LogP contribution is 2.38. The lowest BCUT2D eigenvalue weighted by molar-refractivity contribution is -0.121. The summed E-state index contributed by atoms with van der Waals surface area (Å²) in [5.41, 5.74) is 1.57. The maximum Gasteiger partial charge on any atom is 0.414 e. The SMILES string of the molecule is COc1ccc(CN2C(=O)COc3ccc(N4CC5CCN(C(=O)OC(C)(C)C)CC5OC4=O)cc32)cc1. The van der Waals surface area contributed by atoms with Crippen molar-refractivity contribution < 1.29 is 33.3 Å². The first-order valence-electron chi connectivity index (χ1n) is 12.8. The van der Waals surface area contributed by atoms with Gasteiger partial charge in [-0.2, -0.15) is 0 Å². The number of anilines is 2. The van der Waals surface area contributed by atoms with E-state index in [2.05, 4.69) is 0 Å². The van der Waals surface area contributed by atoms with Crippen molar-refractivity contribution >= 4 is 29.5 Å². The second-order valence-electron chi connectivity index (χ2n) is 10.8. The first kappa shape index (κ1) is 25.7. The van der Waals surface area contributed by atoms with E-state index in [1.807, 2.05) is 45.0 Å². The molecule has 0 N–H and O–H groups in total. The van der Waals surface area contributed by atoms with E-state index >= 15 is 0 Å². The van der Waals surface area contributed by atoms with E-state index in [-0.39, 0.29) is 18.4 Å². The van der Waals surface area contributed by atoms with E-state index in [0.29, 0.717) is 49.7 Å². The lowest BCUT2D eigenvalue weighted by atomic mass is 9.92. The fraction of sp³-hybridized carbons (Fsp3) is 0.464. The Kier molecular flexibility index (Phi) is 6.81. The van der Waals surface area contributed by atoms with E-state index in [1.165, 1.54) is 0 Å². The molecule has 38 heavy (non-hydrogen) atoms. The second kappa shape index (κ2) is 10.1. The molecule has 3 heterocycles. The van der Waals surface area contributed by atoms with Gasteiger partial charge < -0.3 is 28.7 Å². The summed E-state index contributed by atoms with van der Waals surface area (Å²) in [7, 11) is 1.61. The maximum absolute atomic E-state index is 13.1. The molecule has 0 bridgehead atoms. The van der Waals surface area contributed by atoms with Crippen molar-refractivity contribution in [3.05, 3.63) is 48.0 Å². The zero-order chi connectivity index (χ0) is 27.0. The number of fused-ring (bicyclic) bond motifs is 2. The number of nitrogens with zero attached hydrogens (tertiary/aromatic N) is 3. The highest BCUT2D eigenvalue weighted by atomic mass is 16.6. The van der Waals surface area contributed by atoms with Crippen molar-refractivity contribution in [1.29, 1.82) is 0 Å². The Balaban J connectivity index is 1.31.